The lowest BCUT2D eigenvalue weighted by Gasteiger charge is -2.26. The molecule has 0 amide bonds. The number of hydrogen-bond donors (Lipinski definition) is 2. The summed E-state index contributed by atoms with van der Waals surface area (Å²) in [5.74, 6) is -6.57. The van der Waals surface area contributed by atoms with Crippen molar-refractivity contribution in [1.82, 2.24) is 9.55 Å². The van der Waals surface area contributed by atoms with E-state index in [2.05, 4.69) is 0 Å². The number of H-pyrrole nitrogens is 1. The third kappa shape index (κ3) is 3.01. The van der Waals surface area contributed by atoms with Crippen LogP contribution in [0.25, 0.3) is 10.9 Å². The van der Waals surface area contributed by atoms with Crippen molar-refractivity contribution in [3.05, 3.63) is 38.3 Å². The Morgan fingerprint density at radius 3 is 2.47 bits per heavy atom. The Labute approximate surface area is 167 Å². The van der Waals surface area contributed by atoms with Crippen molar-refractivity contribution in [2.24, 2.45) is 17.6 Å². The molecule has 2 aliphatic rings. The predicted molar refractivity (Wildman–Crippen MR) is 101 cm³/mol. The number of rotatable bonds is 4. The van der Waals surface area contributed by atoms with Crippen LogP contribution in [0.3, 0.4) is 0 Å². The van der Waals surface area contributed by atoms with E-state index in [4.69, 9.17) is 5.73 Å². The molecule has 0 spiro atoms. The van der Waals surface area contributed by atoms with Crippen molar-refractivity contribution < 1.29 is 22.0 Å². The fraction of sp³-hybridized carbons (Fsp3) is 0.579. The maximum Gasteiger partial charge on any atom is 0.336 e. The fourth-order valence-corrected chi connectivity index (χ4v) is 4.35. The number of aromatic amines is 1. The van der Waals surface area contributed by atoms with Gasteiger partial charge in [-0.1, -0.05) is 0 Å². The first-order valence-electron chi connectivity index (χ1n) is 9.61. The minimum atomic E-state index is -3.61. The van der Waals surface area contributed by atoms with Gasteiger partial charge in [-0.05, 0) is 32.8 Å². The first kappa shape index (κ1) is 20.8. The second kappa shape index (κ2) is 6.53. The molecule has 1 saturated carbocycles. The van der Waals surface area contributed by atoms with Crippen LogP contribution in [-0.2, 0) is 6.05 Å². The van der Waals surface area contributed by atoms with Crippen LogP contribution >= 0.6 is 0 Å². The molecular formula is C19H21F5N4O2. The molecular weight excluding hydrogens is 411 g/mol. The van der Waals surface area contributed by atoms with Gasteiger partial charge in [0.1, 0.15) is 5.82 Å². The lowest BCUT2D eigenvalue weighted by atomic mass is 9.98. The number of halogens is 5. The van der Waals surface area contributed by atoms with E-state index in [1.165, 1.54) is 13.8 Å². The number of aromatic nitrogens is 2. The highest BCUT2D eigenvalue weighted by Crippen LogP contribution is 2.47. The van der Waals surface area contributed by atoms with Crippen LogP contribution in [0, 0.1) is 24.6 Å². The van der Waals surface area contributed by atoms with E-state index >= 15 is 0 Å². The van der Waals surface area contributed by atoms with Gasteiger partial charge in [0.15, 0.2) is 0 Å². The smallest absolute Gasteiger partial charge is 0.336 e. The highest BCUT2D eigenvalue weighted by atomic mass is 19.3. The van der Waals surface area contributed by atoms with E-state index in [9.17, 15) is 31.5 Å². The Kier molecular flexibility index (Phi) is 4.53. The van der Waals surface area contributed by atoms with Gasteiger partial charge in [0.05, 0.1) is 29.1 Å². The van der Waals surface area contributed by atoms with Gasteiger partial charge in [-0.2, -0.15) is 8.78 Å². The van der Waals surface area contributed by atoms with Crippen LogP contribution in [0.4, 0.5) is 27.6 Å². The number of benzene rings is 1. The van der Waals surface area contributed by atoms with E-state index in [0.717, 1.165) is 4.90 Å². The zero-order chi connectivity index (χ0) is 22.2. The van der Waals surface area contributed by atoms with Gasteiger partial charge in [0, 0.05) is 24.1 Å². The molecule has 2 fully saturated rings. The number of alkyl halides is 4. The maximum atomic E-state index is 14.9. The Bertz CT molecular complexity index is 1140. The maximum absolute atomic E-state index is 14.9. The Hall–Kier alpha value is -2.43. The average molecular weight is 432 g/mol. The number of nitrogens with zero attached hydrogens (tertiary/aromatic N) is 2. The summed E-state index contributed by atoms with van der Waals surface area (Å²) in [4.78, 5) is 27.4. The fourth-order valence-electron chi connectivity index (χ4n) is 4.35. The van der Waals surface area contributed by atoms with Gasteiger partial charge in [0.25, 0.3) is 11.5 Å². The van der Waals surface area contributed by atoms with Gasteiger partial charge in [-0.15, -0.1) is 0 Å². The highest BCUT2D eigenvalue weighted by Gasteiger charge is 2.52. The first-order chi connectivity index (χ1) is 13.9. The molecule has 2 unspecified atom stereocenters. The summed E-state index contributed by atoms with van der Waals surface area (Å²) in [5.41, 5.74) is 2.34. The summed E-state index contributed by atoms with van der Waals surface area (Å²) in [6, 6.07) is -3.77. The van der Waals surface area contributed by atoms with Crippen molar-refractivity contribution in [2.45, 2.75) is 44.7 Å². The second-order valence-corrected chi connectivity index (χ2v) is 8.29. The topological polar surface area (TPSA) is 84.1 Å². The standard InChI is InChI=1S/C19H21F5N4O2/c1-8-14-11(16(29)26-17(30)28(14)19(23,24)10-3-4-10)5-13(20)15(8)27-6-12(9(2)25)18(21,22)7-27/h5,9-10,12H,3-4,6-7,25H2,1-2H3,(H,26,29,30). The largest absolute Gasteiger partial charge is 0.362 e. The van der Waals surface area contributed by atoms with E-state index in [0.29, 0.717) is 6.07 Å². The zero-order valence-corrected chi connectivity index (χ0v) is 16.3. The second-order valence-electron chi connectivity index (χ2n) is 8.29. The Morgan fingerprint density at radius 1 is 1.30 bits per heavy atom. The number of aryl methyl sites for hydroxylation is 1. The van der Waals surface area contributed by atoms with Gasteiger partial charge in [-0.25, -0.2) is 22.5 Å². The molecule has 1 aliphatic carbocycles. The number of nitrogens with two attached hydrogens (primary N) is 1. The molecule has 30 heavy (non-hydrogen) atoms. The average Bonchev–Trinajstić information content (AvgIpc) is 3.41. The first-order valence-corrected chi connectivity index (χ1v) is 9.61. The van der Waals surface area contributed by atoms with Crippen LogP contribution in [-0.4, -0.2) is 34.6 Å². The summed E-state index contributed by atoms with van der Waals surface area (Å²) in [5, 5.41) is -0.441. The molecule has 4 rings (SSSR count). The molecule has 2 atom stereocenters. The molecule has 2 aromatic rings. The van der Waals surface area contributed by atoms with Crippen LogP contribution < -0.4 is 21.9 Å². The summed E-state index contributed by atoms with van der Waals surface area (Å²) >= 11 is 0. The molecule has 1 aromatic carbocycles. The van der Waals surface area contributed by atoms with E-state index in [1.54, 1.807) is 4.98 Å². The minimum absolute atomic E-state index is 0.164. The molecule has 3 N–H and O–H groups in total. The lowest BCUT2D eigenvalue weighted by Crippen LogP contribution is -2.41. The van der Waals surface area contributed by atoms with Crippen LogP contribution in [0.1, 0.15) is 25.3 Å². The molecule has 11 heteroatoms. The summed E-state index contributed by atoms with van der Waals surface area (Å²) < 4.78 is 73.8. The van der Waals surface area contributed by atoms with Crippen LogP contribution in [0.15, 0.2) is 15.7 Å². The van der Waals surface area contributed by atoms with Gasteiger partial charge >= 0.3 is 11.7 Å². The van der Waals surface area contributed by atoms with Crippen molar-refractivity contribution in [2.75, 3.05) is 18.0 Å². The number of hydrogen-bond acceptors (Lipinski definition) is 4. The molecule has 0 radical (unpaired) electrons. The Balaban J connectivity index is 1.98. The van der Waals surface area contributed by atoms with Gasteiger partial charge in [0.2, 0.25) is 0 Å². The molecule has 164 valence electrons. The van der Waals surface area contributed by atoms with Crippen molar-refractivity contribution in [3.63, 3.8) is 0 Å². The molecule has 1 aliphatic heterocycles. The zero-order valence-electron chi connectivity index (χ0n) is 16.3. The molecule has 2 heterocycles. The minimum Gasteiger partial charge on any atom is -0.362 e. The quantitative estimate of drug-likeness (QED) is 0.728. The van der Waals surface area contributed by atoms with Gasteiger partial charge < -0.3 is 10.6 Å². The third-order valence-electron chi connectivity index (χ3n) is 6.03. The monoisotopic (exact) mass is 432 g/mol. The number of fused-ring (bicyclic) bond motifs is 1. The van der Waals surface area contributed by atoms with Crippen molar-refractivity contribution >= 4 is 16.6 Å². The predicted octanol–water partition coefficient (Wildman–Crippen LogP) is 2.52. The van der Waals surface area contributed by atoms with Crippen LogP contribution in [0.5, 0.6) is 0 Å². The molecule has 6 nitrogen and oxygen atoms in total. The highest BCUT2D eigenvalue weighted by molar-refractivity contribution is 5.87. The SMILES string of the molecule is Cc1c(N2CC(C(C)N)C(F)(F)C2)c(F)cc2c(=O)[nH]c(=O)n(C(F)(F)C3CC3)c12. The van der Waals surface area contributed by atoms with E-state index < -0.39 is 64.4 Å². The summed E-state index contributed by atoms with van der Waals surface area (Å²) in [6.45, 7) is 1.52. The lowest BCUT2D eigenvalue weighted by molar-refractivity contribution is -0.103. The molecule has 1 aromatic heterocycles. The normalized spacial score (nSPS) is 22.7. The number of anilines is 1. The molecule has 0 bridgehead atoms. The van der Waals surface area contributed by atoms with Crippen molar-refractivity contribution in [1.29, 1.82) is 0 Å². The number of nitrogens with one attached hydrogen (secondary N) is 1. The Morgan fingerprint density at radius 2 is 1.93 bits per heavy atom. The van der Waals surface area contributed by atoms with E-state index in [-0.39, 0.29) is 35.2 Å². The third-order valence-corrected chi connectivity index (χ3v) is 6.03. The summed E-state index contributed by atoms with van der Waals surface area (Å²) in [7, 11) is 0. The van der Waals surface area contributed by atoms with E-state index in [1.807, 2.05) is 0 Å². The molecule has 1 saturated heterocycles. The van der Waals surface area contributed by atoms with Gasteiger partial charge in [-0.3, -0.25) is 9.78 Å². The van der Waals surface area contributed by atoms with Crippen LogP contribution in [0.2, 0.25) is 0 Å². The summed E-state index contributed by atoms with van der Waals surface area (Å²) in [6.07, 6.45) is 0.392. The van der Waals surface area contributed by atoms with Crippen molar-refractivity contribution in [3.8, 4) is 0 Å².